The first-order chi connectivity index (χ1) is 11.5. The molecule has 3 rings (SSSR count). The number of amides is 1. The van der Waals surface area contributed by atoms with Crippen LogP contribution in [0.4, 0.5) is 0 Å². The predicted octanol–water partition coefficient (Wildman–Crippen LogP) is 2.79. The number of halogens is 1. The van der Waals surface area contributed by atoms with E-state index < -0.39 is 0 Å². The Labute approximate surface area is 156 Å². The molecule has 1 aliphatic heterocycles. The third-order valence-electron chi connectivity index (χ3n) is 5.11. The van der Waals surface area contributed by atoms with E-state index in [-0.39, 0.29) is 35.7 Å². The molecule has 0 spiro atoms. The fourth-order valence-electron chi connectivity index (χ4n) is 3.48. The number of rotatable bonds is 4. The third-order valence-corrected chi connectivity index (χ3v) is 5.11. The van der Waals surface area contributed by atoms with Gasteiger partial charge in [-0.2, -0.15) is 0 Å². The quantitative estimate of drug-likeness (QED) is 0.857. The molecule has 1 fully saturated rings. The molecule has 1 aromatic carbocycles. The van der Waals surface area contributed by atoms with E-state index in [1.54, 1.807) is 0 Å². The van der Waals surface area contributed by atoms with Gasteiger partial charge in [-0.1, -0.05) is 26.3 Å². The maximum absolute atomic E-state index is 12.4. The number of hydrogen-bond donors (Lipinski definition) is 2. The van der Waals surface area contributed by atoms with Gasteiger partial charge in [-0.15, -0.1) is 12.4 Å². The van der Waals surface area contributed by atoms with Gasteiger partial charge in [-0.3, -0.25) is 4.79 Å². The van der Waals surface area contributed by atoms with Crippen molar-refractivity contribution in [1.82, 2.24) is 5.32 Å². The molecular weight excluding hydrogens is 340 g/mol. The first-order valence-corrected chi connectivity index (χ1v) is 8.89. The molecule has 0 saturated heterocycles. The van der Waals surface area contributed by atoms with E-state index in [1.165, 1.54) is 0 Å². The topological polar surface area (TPSA) is 73.6 Å². The monoisotopic (exact) mass is 368 g/mol. The summed E-state index contributed by atoms with van der Waals surface area (Å²) in [5.41, 5.74) is 6.95. The summed E-state index contributed by atoms with van der Waals surface area (Å²) in [4.78, 5) is 12.4. The highest BCUT2D eigenvalue weighted by atomic mass is 35.5. The lowest BCUT2D eigenvalue weighted by atomic mass is 9.83. The van der Waals surface area contributed by atoms with E-state index in [4.69, 9.17) is 15.2 Å². The molecule has 1 amide bonds. The predicted molar refractivity (Wildman–Crippen MR) is 101 cm³/mol. The number of carbonyl (C=O) groups excluding carboxylic acids is 1. The van der Waals surface area contributed by atoms with Crippen LogP contribution in [0.15, 0.2) is 18.2 Å². The van der Waals surface area contributed by atoms with Crippen LogP contribution >= 0.6 is 12.4 Å². The smallest absolute Gasteiger partial charge is 0.223 e. The van der Waals surface area contributed by atoms with Gasteiger partial charge >= 0.3 is 0 Å². The Bertz CT molecular complexity index is 606. The molecule has 2 aliphatic rings. The van der Waals surface area contributed by atoms with Crippen molar-refractivity contribution >= 4 is 18.3 Å². The second-order valence-electron chi connectivity index (χ2n) is 7.58. The summed E-state index contributed by atoms with van der Waals surface area (Å²) in [6, 6.07) is 6.20. The average Bonchev–Trinajstić information content (AvgIpc) is 2.59. The minimum atomic E-state index is -0.178. The van der Waals surface area contributed by atoms with Crippen molar-refractivity contribution in [3.8, 4) is 11.5 Å². The minimum Gasteiger partial charge on any atom is -0.486 e. The number of hydrogen-bond acceptors (Lipinski definition) is 4. The lowest BCUT2D eigenvalue weighted by molar-refractivity contribution is -0.126. The highest BCUT2D eigenvalue weighted by molar-refractivity contribution is 5.85. The number of benzene rings is 1. The third kappa shape index (κ3) is 4.79. The molecule has 2 unspecified atom stereocenters. The van der Waals surface area contributed by atoms with Crippen LogP contribution in [0.2, 0.25) is 0 Å². The van der Waals surface area contributed by atoms with Gasteiger partial charge in [0.1, 0.15) is 13.2 Å². The second kappa shape index (κ2) is 8.28. The van der Waals surface area contributed by atoms with E-state index in [9.17, 15) is 4.79 Å². The van der Waals surface area contributed by atoms with Crippen LogP contribution in [0.1, 0.15) is 45.1 Å². The Morgan fingerprint density at radius 2 is 1.96 bits per heavy atom. The molecule has 1 saturated carbocycles. The SMILES string of the molecule is CC(C)(CNC(=O)C1CCCC(N)C1)c1ccc2c(c1)OCCO2.Cl. The van der Waals surface area contributed by atoms with Crippen LogP contribution in [-0.4, -0.2) is 31.7 Å². The fraction of sp³-hybridized carbons (Fsp3) is 0.632. The van der Waals surface area contributed by atoms with Gasteiger partial charge in [0.15, 0.2) is 11.5 Å². The van der Waals surface area contributed by atoms with Gasteiger partial charge in [-0.25, -0.2) is 0 Å². The van der Waals surface area contributed by atoms with Gasteiger partial charge in [-0.05, 0) is 37.0 Å². The standard InChI is InChI=1S/C19H28N2O3.ClH/c1-19(2,12-21-18(22)13-4-3-5-15(20)10-13)14-6-7-16-17(11-14)24-9-8-23-16;/h6-7,11,13,15H,3-5,8-10,12,20H2,1-2H3,(H,21,22);1H. The summed E-state index contributed by atoms with van der Waals surface area (Å²) in [7, 11) is 0. The van der Waals surface area contributed by atoms with Gasteiger partial charge < -0.3 is 20.5 Å². The maximum Gasteiger partial charge on any atom is 0.223 e. The van der Waals surface area contributed by atoms with Crippen molar-refractivity contribution in [1.29, 1.82) is 0 Å². The van der Waals surface area contributed by atoms with Gasteiger partial charge in [0, 0.05) is 23.9 Å². The van der Waals surface area contributed by atoms with Gasteiger partial charge in [0.25, 0.3) is 0 Å². The van der Waals surface area contributed by atoms with Crippen LogP contribution < -0.4 is 20.5 Å². The van der Waals surface area contributed by atoms with Gasteiger partial charge in [0.2, 0.25) is 5.91 Å². The molecule has 140 valence electrons. The summed E-state index contributed by atoms with van der Waals surface area (Å²) >= 11 is 0. The molecule has 6 heteroatoms. The van der Waals surface area contributed by atoms with Crippen molar-refractivity contribution in [2.24, 2.45) is 11.7 Å². The van der Waals surface area contributed by atoms with Crippen LogP contribution in [0.25, 0.3) is 0 Å². The van der Waals surface area contributed by atoms with E-state index in [0.717, 1.165) is 42.7 Å². The zero-order valence-electron chi connectivity index (χ0n) is 15.0. The van der Waals surface area contributed by atoms with Gasteiger partial charge in [0.05, 0.1) is 0 Å². The maximum atomic E-state index is 12.4. The summed E-state index contributed by atoms with van der Waals surface area (Å²) in [6.07, 6.45) is 3.83. The zero-order chi connectivity index (χ0) is 17.2. The summed E-state index contributed by atoms with van der Waals surface area (Å²) < 4.78 is 11.2. The van der Waals surface area contributed by atoms with Crippen molar-refractivity contribution in [2.45, 2.75) is 51.0 Å². The Kier molecular flexibility index (Phi) is 6.58. The van der Waals surface area contributed by atoms with E-state index in [2.05, 4.69) is 25.2 Å². The van der Waals surface area contributed by atoms with Crippen LogP contribution in [0, 0.1) is 5.92 Å². The van der Waals surface area contributed by atoms with E-state index in [0.29, 0.717) is 19.8 Å². The first-order valence-electron chi connectivity index (χ1n) is 8.89. The Morgan fingerprint density at radius 1 is 1.24 bits per heavy atom. The molecule has 0 bridgehead atoms. The molecule has 1 aromatic rings. The lowest BCUT2D eigenvalue weighted by Gasteiger charge is -2.30. The fourth-order valence-corrected chi connectivity index (χ4v) is 3.48. The van der Waals surface area contributed by atoms with Crippen molar-refractivity contribution in [3.63, 3.8) is 0 Å². The molecule has 2 atom stereocenters. The number of ether oxygens (including phenoxy) is 2. The Hall–Kier alpha value is -1.46. The highest BCUT2D eigenvalue weighted by Gasteiger charge is 2.28. The van der Waals surface area contributed by atoms with Crippen molar-refractivity contribution in [3.05, 3.63) is 23.8 Å². The van der Waals surface area contributed by atoms with Crippen molar-refractivity contribution < 1.29 is 14.3 Å². The number of nitrogens with one attached hydrogen (secondary N) is 1. The summed E-state index contributed by atoms with van der Waals surface area (Å²) in [5.74, 6) is 1.78. The lowest BCUT2D eigenvalue weighted by Crippen LogP contribution is -2.42. The van der Waals surface area contributed by atoms with Crippen LogP contribution in [-0.2, 0) is 10.2 Å². The number of carbonyl (C=O) groups is 1. The highest BCUT2D eigenvalue weighted by Crippen LogP contribution is 2.35. The summed E-state index contributed by atoms with van der Waals surface area (Å²) in [6.45, 7) is 6.03. The molecule has 1 aliphatic carbocycles. The Balaban J connectivity index is 0.00000225. The molecule has 0 radical (unpaired) electrons. The minimum absolute atomic E-state index is 0. The van der Waals surface area contributed by atoms with Crippen LogP contribution in [0.5, 0.6) is 11.5 Å². The normalized spacial score (nSPS) is 22.7. The van der Waals surface area contributed by atoms with Crippen LogP contribution in [0.3, 0.4) is 0 Å². The molecule has 25 heavy (non-hydrogen) atoms. The average molecular weight is 369 g/mol. The zero-order valence-corrected chi connectivity index (χ0v) is 15.9. The summed E-state index contributed by atoms with van der Waals surface area (Å²) in [5, 5.41) is 3.13. The van der Waals surface area contributed by atoms with E-state index >= 15 is 0 Å². The second-order valence-corrected chi connectivity index (χ2v) is 7.58. The van der Waals surface area contributed by atoms with Crippen molar-refractivity contribution in [2.75, 3.05) is 19.8 Å². The largest absolute Gasteiger partial charge is 0.486 e. The molecule has 1 heterocycles. The molecule has 3 N–H and O–H groups in total. The molecule has 5 nitrogen and oxygen atoms in total. The number of nitrogens with two attached hydrogens (primary N) is 1. The molecule has 0 aromatic heterocycles. The molecular formula is C19H29ClN2O3. The van der Waals surface area contributed by atoms with E-state index in [1.807, 2.05) is 12.1 Å². The Morgan fingerprint density at radius 3 is 2.68 bits per heavy atom. The number of fused-ring (bicyclic) bond motifs is 1. The first kappa shape index (κ1) is 19.9.